The van der Waals surface area contributed by atoms with Crippen molar-refractivity contribution in [2.75, 3.05) is 36.5 Å². The van der Waals surface area contributed by atoms with Gasteiger partial charge in [0, 0.05) is 18.7 Å². The van der Waals surface area contributed by atoms with E-state index >= 15 is 0 Å². The number of aromatic nitrogens is 2. The van der Waals surface area contributed by atoms with Crippen LogP contribution in [-0.2, 0) is 10.0 Å². The van der Waals surface area contributed by atoms with E-state index in [0.717, 1.165) is 24.3 Å². The number of nitrogens with zero attached hydrogens (tertiary/aromatic N) is 2. The molecule has 0 unspecified atom stereocenters. The Bertz CT molecular complexity index is 504. The lowest BCUT2D eigenvalue weighted by molar-refractivity contribution is 0.588. The normalized spacial score (nSPS) is 11.3. The molecule has 1 heterocycles. The van der Waals surface area contributed by atoms with Gasteiger partial charge in [-0.3, -0.25) is 0 Å². The lowest BCUT2D eigenvalue weighted by Crippen LogP contribution is -2.26. The zero-order valence-corrected chi connectivity index (χ0v) is 12.3. The van der Waals surface area contributed by atoms with Crippen LogP contribution in [0.1, 0.15) is 18.9 Å². The van der Waals surface area contributed by atoms with Crippen molar-refractivity contribution in [1.29, 1.82) is 0 Å². The summed E-state index contributed by atoms with van der Waals surface area (Å²) in [6, 6.07) is 0. The van der Waals surface area contributed by atoms with E-state index in [2.05, 4.69) is 32.2 Å². The van der Waals surface area contributed by atoms with Crippen LogP contribution in [0.15, 0.2) is 6.33 Å². The zero-order valence-electron chi connectivity index (χ0n) is 11.5. The third kappa shape index (κ3) is 4.99. The summed E-state index contributed by atoms with van der Waals surface area (Å²) in [5.74, 6) is 1.43. The zero-order chi connectivity index (χ0) is 14.3. The first-order chi connectivity index (χ1) is 9.00. The van der Waals surface area contributed by atoms with Crippen LogP contribution in [-0.4, -0.2) is 44.3 Å². The van der Waals surface area contributed by atoms with Gasteiger partial charge in [0.15, 0.2) is 0 Å². The average molecular weight is 287 g/mol. The van der Waals surface area contributed by atoms with Gasteiger partial charge in [0.05, 0.1) is 5.75 Å². The molecule has 8 heteroatoms. The average Bonchev–Trinajstić information content (AvgIpc) is 2.39. The van der Waals surface area contributed by atoms with Crippen LogP contribution in [0.3, 0.4) is 0 Å². The van der Waals surface area contributed by atoms with E-state index in [4.69, 9.17) is 0 Å². The second-order valence-corrected chi connectivity index (χ2v) is 6.12. The van der Waals surface area contributed by atoms with Crippen molar-refractivity contribution < 1.29 is 8.42 Å². The molecule has 0 saturated carbocycles. The Morgan fingerprint density at radius 2 is 1.74 bits per heavy atom. The van der Waals surface area contributed by atoms with Gasteiger partial charge in [-0.05, 0) is 20.4 Å². The maximum atomic E-state index is 11.3. The van der Waals surface area contributed by atoms with Crippen LogP contribution in [0, 0.1) is 6.92 Å². The fourth-order valence-electron chi connectivity index (χ4n) is 1.46. The lowest BCUT2D eigenvalue weighted by atomic mass is 10.3. The third-order valence-electron chi connectivity index (χ3n) is 2.60. The van der Waals surface area contributed by atoms with E-state index < -0.39 is 10.0 Å². The van der Waals surface area contributed by atoms with Crippen LogP contribution in [0.2, 0.25) is 0 Å². The fraction of sp³-hybridized carbons (Fsp3) is 0.636. The van der Waals surface area contributed by atoms with E-state index in [1.165, 1.54) is 13.4 Å². The molecular formula is C11H21N5O2S. The van der Waals surface area contributed by atoms with Crippen molar-refractivity contribution in [3.63, 3.8) is 0 Å². The van der Waals surface area contributed by atoms with Gasteiger partial charge in [0.1, 0.15) is 18.0 Å². The minimum absolute atomic E-state index is 0.00463. The summed E-state index contributed by atoms with van der Waals surface area (Å²) in [5, 5.41) is 6.21. The van der Waals surface area contributed by atoms with E-state index in [1.54, 1.807) is 0 Å². The standard InChI is InChI=1S/C11H21N5O2S/c1-4-5-13-10-9(2)11(16-8-15-10)14-6-7-19(17,18)12-3/h8,12H,4-7H2,1-3H3,(H2,13,14,15,16). The molecule has 19 heavy (non-hydrogen) atoms. The van der Waals surface area contributed by atoms with Crippen LogP contribution in [0.5, 0.6) is 0 Å². The van der Waals surface area contributed by atoms with Gasteiger partial charge in [-0.25, -0.2) is 23.1 Å². The SMILES string of the molecule is CCCNc1ncnc(NCCS(=O)(=O)NC)c1C. The minimum atomic E-state index is -3.20. The van der Waals surface area contributed by atoms with Gasteiger partial charge < -0.3 is 10.6 Å². The molecule has 3 N–H and O–H groups in total. The van der Waals surface area contributed by atoms with Crippen LogP contribution >= 0.6 is 0 Å². The molecule has 0 amide bonds. The van der Waals surface area contributed by atoms with Gasteiger partial charge >= 0.3 is 0 Å². The van der Waals surface area contributed by atoms with Gasteiger partial charge in [0.2, 0.25) is 10.0 Å². The summed E-state index contributed by atoms with van der Waals surface area (Å²) >= 11 is 0. The minimum Gasteiger partial charge on any atom is -0.370 e. The maximum absolute atomic E-state index is 11.3. The number of anilines is 2. The Balaban J connectivity index is 2.64. The fourth-order valence-corrected chi connectivity index (χ4v) is 2.03. The van der Waals surface area contributed by atoms with Gasteiger partial charge in [-0.1, -0.05) is 6.92 Å². The molecule has 1 aromatic rings. The molecule has 0 saturated heterocycles. The number of sulfonamides is 1. The summed E-state index contributed by atoms with van der Waals surface area (Å²) in [6.45, 7) is 5.11. The number of nitrogens with one attached hydrogen (secondary N) is 3. The van der Waals surface area contributed by atoms with Crippen molar-refractivity contribution in [2.45, 2.75) is 20.3 Å². The molecule has 0 aromatic carbocycles. The molecule has 0 aliphatic rings. The van der Waals surface area contributed by atoms with Crippen molar-refractivity contribution in [2.24, 2.45) is 0 Å². The van der Waals surface area contributed by atoms with Crippen LogP contribution < -0.4 is 15.4 Å². The Morgan fingerprint density at radius 3 is 2.26 bits per heavy atom. The quantitative estimate of drug-likeness (QED) is 0.647. The second kappa shape index (κ2) is 7.25. The Kier molecular flexibility index (Phi) is 5.97. The molecule has 0 spiro atoms. The predicted molar refractivity (Wildman–Crippen MR) is 76.9 cm³/mol. The summed E-state index contributed by atoms with van der Waals surface area (Å²) in [7, 11) is -1.80. The van der Waals surface area contributed by atoms with Crippen molar-refractivity contribution in [3.05, 3.63) is 11.9 Å². The second-order valence-electron chi connectivity index (χ2n) is 4.07. The summed E-state index contributed by atoms with van der Waals surface area (Å²) in [5.41, 5.74) is 0.887. The first kappa shape index (κ1) is 15.6. The molecule has 0 aliphatic heterocycles. The highest BCUT2D eigenvalue weighted by Crippen LogP contribution is 2.17. The molecule has 0 aliphatic carbocycles. The Morgan fingerprint density at radius 1 is 1.16 bits per heavy atom. The third-order valence-corrected chi connectivity index (χ3v) is 3.96. The molecular weight excluding hydrogens is 266 g/mol. The smallest absolute Gasteiger partial charge is 0.213 e. The van der Waals surface area contributed by atoms with Crippen LogP contribution in [0.4, 0.5) is 11.6 Å². The number of rotatable bonds is 8. The molecule has 0 radical (unpaired) electrons. The highest BCUT2D eigenvalue weighted by Gasteiger charge is 2.09. The van der Waals surface area contributed by atoms with E-state index in [0.29, 0.717) is 12.4 Å². The largest absolute Gasteiger partial charge is 0.370 e. The van der Waals surface area contributed by atoms with Gasteiger partial charge in [0.25, 0.3) is 0 Å². The molecule has 108 valence electrons. The topological polar surface area (TPSA) is 96.0 Å². The first-order valence-electron chi connectivity index (χ1n) is 6.20. The van der Waals surface area contributed by atoms with Gasteiger partial charge in [-0.15, -0.1) is 0 Å². The summed E-state index contributed by atoms with van der Waals surface area (Å²) in [6.07, 6.45) is 2.46. The molecule has 1 rings (SSSR count). The predicted octanol–water partition coefficient (Wildman–Crippen LogP) is 0.568. The maximum Gasteiger partial charge on any atom is 0.213 e. The highest BCUT2D eigenvalue weighted by atomic mass is 32.2. The Hall–Kier alpha value is -1.41. The lowest BCUT2D eigenvalue weighted by Gasteiger charge is -2.12. The number of hydrogen-bond acceptors (Lipinski definition) is 6. The number of hydrogen-bond donors (Lipinski definition) is 3. The van der Waals surface area contributed by atoms with Crippen molar-refractivity contribution >= 4 is 21.7 Å². The van der Waals surface area contributed by atoms with Crippen molar-refractivity contribution in [3.8, 4) is 0 Å². The van der Waals surface area contributed by atoms with Crippen molar-refractivity contribution in [1.82, 2.24) is 14.7 Å². The van der Waals surface area contributed by atoms with E-state index in [1.807, 2.05) is 6.92 Å². The summed E-state index contributed by atoms with van der Waals surface area (Å²) in [4.78, 5) is 8.27. The Labute approximate surface area is 114 Å². The first-order valence-corrected chi connectivity index (χ1v) is 7.86. The van der Waals surface area contributed by atoms with E-state index in [-0.39, 0.29) is 5.75 Å². The molecule has 7 nitrogen and oxygen atoms in total. The molecule has 0 bridgehead atoms. The molecule has 0 fully saturated rings. The highest BCUT2D eigenvalue weighted by molar-refractivity contribution is 7.89. The van der Waals surface area contributed by atoms with Crippen LogP contribution in [0.25, 0.3) is 0 Å². The van der Waals surface area contributed by atoms with E-state index in [9.17, 15) is 8.42 Å². The van der Waals surface area contributed by atoms with Gasteiger partial charge in [-0.2, -0.15) is 0 Å². The molecule has 1 aromatic heterocycles. The summed E-state index contributed by atoms with van der Waals surface area (Å²) < 4.78 is 24.8. The molecule has 0 atom stereocenters. The monoisotopic (exact) mass is 287 g/mol.